The molecule has 0 aliphatic heterocycles. The number of nitrogens with zero attached hydrogens (tertiary/aromatic N) is 2. The topological polar surface area (TPSA) is 75.4 Å². The Kier molecular flexibility index (Phi) is 9.38. The molecule has 26 heavy (non-hydrogen) atoms. The molecule has 1 aromatic rings. The van der Waals surface area contributed by atoms with Crippen LogP contribution in [0.4, 0.5) is 5.82 Å². The van der Waals surface area contributed by atoms with E-state index in [4.69, 9.17) is 4.52 Å². The smallest absolute Gasteiger partial charge is 0.245 e. The van der Waals surface area contributed by atoms with E-state index in [9.17, 15) is 9.59 Å². The summed E-state index contributed by atoms with van der Waals surface area (Å²) in [7, 11) is 0. The van der Waals surface area contributed by atoms with Gasteiger partial charge in [-0.3, -0.25) is 9.59 Å². The van der Waals surface area contributed by atoms with E-state index in [2.05, 4.69) is 17.4 Å². The highest BCUT2D eigenvalue weighted by molar-refractivity contribution is 5.94. The van der Waals surface area contributed by atoms with E-state index in [0.717, 1.165) is 12.8 Å². The summed E-state index contributed by atoms with van der Waals surface area (Å²) in [6.07, 6.45) is 8.66. The Bertz CT molecular complexity index is 561. The first kappa shape index (κ1) is 22.2. The fourth-order valence-corrected chi connectivity index (χ4v) is 2.82. The fourth-order valence-electron chi connectivity index (χ4n) is 2.82. The van der Waals surface area contributed by atoms with Crippen molar-refractivity contribution < 1.29 is 14.1 Å². The molecule has 0 aromatic carbocycles. The lowest BCUT2D eigenvalue weighted by Gasteiger charge is -2.35. The van der Waals surface area contributed by atoms with Crippen molar-refractivity contribution in [2.75, 3.05) is 11.9 Å². The Hall–Kier alpha value is -1.85. The van der Waals surface area contributed by atoms with E-state index < -0.39 is 5.54 Å². The van der Waals surface area contributed by atoms with Crippen molar-refractivity contribution in [3.05, 3.63) is 11.8 Å². The number of aromatic nitrogens is 1. The molecule has 1 aromatic heterocycles. The average molecular weight is 366 g/mol. The standard InChI is InChI=1S/C20H35N3O3/c1-6-7-8-9-10-11-12-13-19(25)23(20(3,4)5)15-18(24)21-17-14-16(2)26-22-17/h14H,6-13,15H2,1-5H3,(H,21,22,24). The maximum atomic E-state index is 12.6. The normalized spacial score (nSPS) is 11.4. The molecule has 0 saturated heterocycles. The Morgan fingerprint density at radius 2 is 1.73 bits per heavy atom. The largest absolute Gasteiger partial charge is 0.360 e. The van der Waals surface area contributed by atoms with E-state index in [-0.39, 0.29) is 18.4 Å². The molecule has 6 heteroatoms. The number of nitrogens with one attached hydrogen (secondary N) is 1. The third kappa shape index (κ3) is 8.50. The SMILES string of the molecule is CCCCCCCCCC(=O)N(CC(=O)Nc1cc(C)on1)C(C)(C)C. The maximum Gasteiger partial charge on any atom is 0.245 e. The molecule has 0 saturated carbocycles. The van der Waals surface area contributed by atoms with Crippen LogP contribution < -0.4 is 5.32 Å². The van der Waals surface area contributed by atoms with E-state index in [1.807, 2.05) is 20.8 Å². The van der Waals surface area contributed by atoms with Crippen molar-refractivity contribution in [2.45, 2.75) is 91.5 Å². The highest BCUT2D eigenvalue weighted by Crippen LogP contribution is 2.17. The van der Waals surface area contributed by atoms with Gasteiger partial charge in [-0.1, -0.05) is 50.6 Å². The zero-order valence-electron chi connectivity index (χ0n) is 17.1. The molecule has 0 spiro atoms. The second kappa shape index (κ2) is 11.0. The monoisotopic (exact) mass is 365 g/mol. The first-order valence-electron chi connectivity index (χ1n) is 9.77. The van der Waals surface area contributed by atoms with Crippen LogP contribution in [0.1, 0.15) is 84.8 Å². The predicted octanol–water partition coefficient (Wildman–Crippen LogP) is 4.69. The second-order valence-electron chi connectivity index (χ2n) is 7.89. The summed E-state index contributed by atoms with van der Waals surface area (Å²) in [5, 5.41) is 6.43. The van der Waals surface area contributed by atoms with Crippen LogP contribution >= 0.6 is 0 Å². The number of hydrogen-bond donors (Lipinski definition) is 1. The van der Waals surface area contributed by atoms with Gasteiger partial charge in [-0.05, 0) is 34.1 Å². The van der Waals surface area contributed by atoms with Crippen molar-refractivity contribution >= 4 is 17.6 Å². The van der Waals surface area contributed by atoms with Gasteiger partial charge < -0.3 is 14.7 Å². The van der Waals surface area contributed by atoms with E-state index >= 15 is 0 Å². The van der Waals surface area contributed by atoms with Crippen LogP contribution in [0.3, 0.4) is 0 Å². The van der Waals surface area contributed by atoms with Crippen molar-refractivity contribution in [3.63, 3.8) is 0 Å². The molecule has 2 amide bonds. The van der Waals surface area contributed by atoms with Crippen LogP contribution in [-0.2, 0) is 9.59 Å². The summed E-state index contributed by atoms with van der Waals surface area (Å²) in [5.41, 5.74) is -0.407. The molecule has 0 aliphatic carbocycles. The summed E-state index contributed by atoms with van der Waals surface area (Å²) in [5.74, 6) is 0.766. The lowest BCUT2D eigenvalue weighted by Crippen LogP contribution is -2.49. The number of anilines is 1. The van der Waals surface area contributed by atoms with Gasteiger partial charge in [0.1, 0.15) is 12.3 Å². The van der Waals surface area contributed by atoms with Gasteiger partial charge in [0, 0.05) is 18.0 Å². The van der Waals surface area contributed by atoms with E-state index in [0.29, 0.717) is 18.0 Å². The highest BCUT2D eigenvalue weighted by atomic mass is 16.5. The number of carbonyl (C=O) groups is 2. The lowest BCUT2D eigenvalue weighted by atomic mass is 10.0. The van der Waals surface area contributed by atoms with Gasteiger partial charge >= 0.3 is 0 Å². The van der Waals surface area contributed by atoms with Gasteiger partial charge in [0.2, 0.25) is 11.8 Å². The van der Waals surface area contributed by atoms with Crippen molar-refractivity contribution in [1.82, 2.24) is 10.1 Å². The minimum Gasteiger partial charge on any atom is -0.360 e. The van der Waals surface area contributed by atoms with E-state index in [1.54, 1.807) is 17.9 Å². The number of rotatable bonds is 11. The number of aryl methyl sites for hydroxylation is 1. The first-order chi connectivity index (χ1) is 12.2. The number of unbranched alkanes of at least 4 members (excludes halogenated alkanes) is 6. The maximum absolute atomic E-state index is 12.6. The average Bonchev–Trinajstić information content (AvgIpc) is 2.95. The van der Waals surface area contributed by atoms with Gasteiger partial charge in [-0.25, -0.2) is 0 Å². The van der Waals surface area contributed by atoms with Gasteiger partial charge in [-0.2, -0.15) is 0 Å². The molecule has 0 atom stereocenters. The lowest BCUT2D eigenvalue weighted by molar-refractivity contribution is -0.139. The molecular formula is C20H35N3O3. The molecule has 0 fully saturated rings. The quantitative estimate of drug-likeness (QED) is 0.577. The molecular weight excluding hydrogens is 330 g/mol. The number of hydrogen-bond acceptors (Lipinski definition) is 4. The van der Waals surface area contributed by atoms with Crippen LogP contribution in [0.5, 0.6) is 0 Å². The molecule has 0 unspecified atom stereocenters. The Balaban J connectivity index is 2.44. The molecule has 0 radical (unpaired) electrons. The van der Waals surface area contributed by atoms with Crippen molar-refractivity contribution in [1.29, 1.82) is 0 Å². The zero-order chi connectivity index (χ0) is 19.6. The second-order valence-corrected chi connectivity index (χ2v) is 7.89. The third-order valence-corrected chi connectivity index (χ3v) is 4.30. The van der Waals surface area contributed by atoms with Crippen LogP contribution in [0.15, 0.2) is 10.6 Å². The third-order valence-electron chi connectivity index (χ3n) is 4.30. The predicted molar refractivity (Wildman–Crippen MR) is 104 cm³/mol. The fraction of sp³-hybridized carbons (Fsp3) is 0.750. The van der Waals surface area contributed by atoms with Crippen LogP contribution in [-0.4, -0.2) is 34.0 Å². The molecule has 0 bridgehead atoms. The summed E-state index contributed by atoms with van der Waals surface area (Å²) < 4.78 is 4.94. The molecule has 148 valence electrons. The highest BCUT2D eigenvalue weighted by Gasteiger charge is 2.28. The van der Waals surface area contributed by atoms with E-state index in [1.165, 1.54) is 32.1 Å². The van der Waals surface area contributed by atoms with Gasteiger partial charge in [0.05, 0.1) is 0 Å². The summed E-state index contributed by atoms with van der Waals surface area (Å²) in [4.78, 5) is 26.5. The van der Waals surface area contributed by atoms with Gasteiger partial charge in [-0.15, -0.1) is 0 Å². The summed E-state index contributed by atoms with van der Waals surface area (Å²) >= 11 is 0. The van der Waals surface area contributed by atoms with Crippen LogP contribution in [0, 0.1) is 6.92 Å². The molecule has 1 N–H and O–H groups in total. The minimum atomic E-state index is -0.407. The Morgan fingerprint density at radius 1 is 1.12 bits per heavy atom. The number of carbonyl (C=O) groups excluding carboxylic acids is 2. The van der Waals surface area contributed by atoms with Crippen LogP contribution in [0.25, 0.3) is 0 Å². The van der Waals surface area contributed by atoms with Gasteiger partial charge in [0.15, 0.2) is 5.82 Å². The molecule has 0 aliphatic rings. The Labute approximate surface area is 157 Å². The van der Waals surface area contributed by atoms with Crippen molar-refractivity contribution in [2.24, 2.45) is 0 Å². The van der Waals surface area contributed by atoms with Gasteiger partial charge in [0.25, 0.3) is 0 Å². The van der Waals surface area contributed by atoms with Crippen LogP contribution in [0.2, 0.25) is 0 Å². The zero-order valence-corrected chi connectivity index (χ0v) is 17.1. The number of amides is 2. The van der Waals surface area contributed by atoms with Crippen molar-refractivity contribution in [3.8, 4) is 0 Å². The molecule has 1 rings (SSSR count). The molecule has 6 nitrogen and oxygen atoms in total. The first-order valence-corrected chi connectivity index (χ1v) is 9.77. The Morgan fingerprint density at radius 3 is 2.27 bits per heavy atom. The summed E-state index contributed by atoms with van der Waals surface area (Å²) in [6, 6.07) is 1.65. The molecule has 1 heterocycles. The summed E-state index contributed by atoms with van der Waals surface area (Å²) in [6.45, 7) is 9.83. The minimum absolute atomic E-state index is 0.0186.